The highest BCUT2D eigenvalue weighted by atomic mass is 35.5. The van der Waals surface area contributed by atoms with Crippen molar-refractivity contribution in [1.82, 2.24) is 10.2 Å². The van der Waals surface area contributed by atoms with Gasteiger partial charge in [-0.3, -0.25) is 19.3 Å². The van der Waals surface area contributed by atoms with Crippen molar-refractivity contribution in [3.63, 3.8) is 0 Å². The number of nitrogens with zero attached hydrogens (tertiary/aromatic N) is 2. The Morgan fingerprint density at radius 2 is 1.74 bits per heavy atom. The van der Waals surface area contributed by atoms with Crippen molar-refractivity contribution in [2.45, 2.75) is 26.3 Å². The molecule has 2 N–H and O–H groups in total. The van der Waals surface area contributed by atoms with Gasteiger partial charge in [-0.05, 0) is 67.7 Å². The van der Waals surface area contributed by atoms with Crippen molar-refractivity contribution in [2.75, 3.05) is 29.9 Å². The lowest BCUT2D eigenvalue weighted by atomic mass is 10.1. The summed E-state index contributed by atoms with van der Waals surface area (Å²) in [5, 5.41) is 6.17. The number of amides is 3. The fourth-order valence-corrected chi connectivity index (χ4v) is 4.10. The Morgan fingerprint density at radius 3 is 2.34 bits per heavy atom. The highest BCUT2D eigenvalue weighted by molar-refractivity contribution is 7.80. The van der Waals surface area contributed by atoms with Gasteiger partial charge in [0, 0.05) is 30.7 Å². The zero-order valence-electron chi connectivity index (χ0n) is 19.2. The van der Waals surface area contributed by atoms with Crippen LogP contribution in [0.1, 0.15) is 30.6 Å². The molecule has 0 spiro atoms. The highest BCUT2D eigenvalue weighted by Crippen LogP contribution is 2.28. The number of anilines is 2. The maximum Gasteiger partial charge on any atom is 0.338 e. The molecule has 0 saturated carbocycles. The van der Waals surface area contributed by atoms with Gasteiger partial charge in [0.25, 0.3) is 5.91 Å². The summed E-state index contributed by atoms with van der Waals surface area (Å²) < 4.78 is 4.99. The van der Waals surface area contributed by atoms with Gasteiger partial charge in [-0.2, -0.15) is 0 Å². The van der Waals surface area contributed by atoms with Crippen molar-refractivity contribution in [3.05, 3.63) is 59.1 Å². The number of rotatable bonds is 9. The lowest BCUT2D eigenvalue weighted by molar-refractivity contribution is -0.124. The normalized spacial score (nSPS) is 15.2. The molecule has 1 heterocycles. The number of thiocarbonyl (C=S) groups is 1. The van der Waals surface area contributed by atoms with Gasteiger partial charge in [-0.1, -0.05) is 11.6 Å². The van der Waals surface area contributed by atoms with Crippen LogP contribution in [0.3, 0.4) is 0 Å². The van der Waals surface area contributed by atoms with E-state index in [1.165, 1.54) is 11.8 Å². The summed E-state index contributed by atoms with van der Waals surface area (Å²) in [6.45, 7) is 3.83. The molecule has 9 nitrogen and oxygen atoms in total. The monoisotopic (exact) mass is 516 g/mol. The predicted molar refractivity (Wildman–Crippen MR) is 136 cm³/mol. The summed E-state index contributed by atoms with van der Waals surface area (Å²) >= 11 is 11.5. The Morgan fingerprint density at radius 1 is 1.09 bits per heavy atom. The third-order valence-electron chi connectivity index (χ3n) is 5.19. The second-order valence-corrected chi connectivity index (χ2v) is 8.48. The van der Waals surface area contributed by atoms with Crippen LogP contribution in [0.15, 0.2) is 48.5 Å². The molecule has 0 radical (unpaired) electrons. The van der Waals surface area contributed by atoms with Crippen LogP contribution in [0.4, 0.5) is 11.4 Å². The van der Waals surface area contributed by atoms with Crippen LogP contribution in [-0.2, 0) is 19.1 Å². The SMILES string of the molecule is CCOC(=O)c1ccc(N2C(=O)[C@H](CC(=O)Nc3ccc(Cl)cc3)N(CCNC(C)=O)C2=S)cc1. The molecule has 184 valence electrons. The van der Waals surface area contributed by atoms with Gasteiger partial charge < -0.3 is 20.3 Å². The van der Waals surface area contributed by atoms with E-state index in [1.807, 2.05) is 0 Å². The molecule has 3 amide bonds. The summed E-state index contributed by atoms with van der Waals surface area (Å²) in [4.78, 5) is 52.4. The molecule has 1 fully saturated rings. The molecule has 1 aliphatic heterocycles. The first-order chi connectivity index (χ1) is 16.7. The second kappa shape index (κ2) is 11.8. The number of benzene rings is 2. The third kappa shape index (κ3) is 6.55. The number of carbonyl (C=O) groups is 4. The smallest absolute Gasteiger partial charge is 0.338 e. The highest BCUT2D eigenvalue weighted by Gasteiger charge is 2.44. The first kappa shape index (κ1) is 26.1. The first-order valence-electron chi connectivity index (χ1n) is 10.9. The fourth-order valence-electron chi connectivity index (χ4n) is 3.56. The van der Waals surface area contributed by atoms with Crippen LogP contribution in [0, 0.1) is 0 Å². The molecule has 1 aliphatic rings. The molecule has 0 bridgehead atoms. The van der Waals surface area contributed by atoms with Crippen LogP contribution in [0.5, 0.6) is 0 Å². The van der Waals surface area contributed by atoms with Gasteiger partial charge in [0.15, 0.2) is 5.11 Å². The van der Waals surface area contributed by atoms with Crippen LogP contribution < -0.4 is 15.5 Å². The molecular formula is C24H25ClN4O5S. The maximum atomic E-state index is 13.4. The second-order valence-electron chi connectivity index (χ2n) is 7.67. The van der Waals surface area contributed by atoms with Crippen LogP contribution in [-0.4, -0.2) is 59.4 Å². The average Bonchev–Trinajstić information content (AvgIpc) is 3.04. The Labute approximate surface area is 213 Å². The topological polar surface area (TPSA) is 108 Å². The zero-order chi connectivity index (χ0) is 25.5. The quantitative estimate of drug-likeness (QED) is 0.389. The van der Waals surface area contributed by atoms with Crippen molar-refractivity contribution in [2.24, 2.45) is 0 Å². The Hall–Kier alpha value is -3.50. The first-order valence-corrected chi connectivity index (χ1v) is 11.7. The molecular weight excluding hydrogens is 492 g/mol. The predicted octanol–water partition coefficient (Wildman–Crippen LogP) is 2.98. The summed E-state index contributed by atoms with van der Waals surface area (Å²) in [5.41, 5.74) is 1.34. The van der Waals surface area contributed by atoms with Crippen molar-refractivity contribution >= 4 is 64.0 Å². The zero-order valence-corrected chi connectivity index (χ0v) is 20.8. The average molecular weight is 517 g/mol. The van der Waals surface area contributed by atoms with E-state index >= 15 is 0 Å². The number of nitrogens with one attached hydrogen (secondary N) is 2. The minimum Gasteiger partial charge on any atom is -0.462 e. The summed E-state index contributed by atoms with van der Waals surface area (Å²) in [7, 11) is 0. The molecule has 0 aliphatic carbocycles. The fraction of sp³-hybridized carbons (Fsp3) is 0.292. The van der Waals surface area contributed by atoms with Gasteiger partial charge >= 0.3 is 5.97 Å². The van der Waals surface area contributed by atoms with E-state index in [-0.39, 0.29) is 49.0 Å². The minimum absolute atomic E-state index is 0.154. The summed E-state index contributed by atoms with van der Waals surface area (Å²) in [6, 6.07) is 12.0. The Bertz CT molecular complexity index is 1120. The molecule has 0 unspecified atom stereocenters. The molecule has 1 atom stereocenters. The molecule has 3 rings (SSSR count). The van der Waals surface area contributed by atoms with Gasteiger partial charge in [-0.25, -0.2) is 4.79 Å². The van der Waals surface area contributed by atoms with E-state index in [9.17, 15) is 19.2 Å². The van der Waals surface area contributed by atoms with Crippen molar-refractivity contribution < 1.29 is 23.9 Å². The molecule has 1 saturated heterocycles. The standard InChI is InChI=1S/C24H25ClN4O5S/c1-3-34-23(33)16-4-10-19(11-5-16)29-22(32)20(28(24(29)35)13-12-26-15(2)30)14-21(31)27-18-8-6-17(25)7-9-18/h4-11,20H,3,12-14H2,1-2H3,(H,26,30)(H,27,31)/t20-/m0/s1. The van der Waals surface area contributed by atoms with Crippen molar-refractivity contribution in [3.8, 4) is 0 Å². The number of esters is 1. The summed E-state index contributed by atoms with van der Waals surface area (Å²) in [6.07, 6.45) is -0.154. The van der Waals surface area contributed by atoms with Gasteiger partial charge in [0.05, 0.1) is 24.3 Å². The number of carbonyl (C=O) groups excluding carboxylic acids is 4. The number of hydrogen-bond donors (Lipinski definition) is 2. The van der Waals surface area contributed by atoms with Gasteiger partial charge in [0.1, 0.15) is 6.04 Å². The van der Waals surface area contributed by atoms with E-state index in [0.29, 0.717) is 22.0 Å². The lowest BCUT2D eigenvalue weighted by Crippen LogP contribution is -2.42. The van der Waals surface area contributed by atoms with E-state index in [1.54, 1.807) is 60.4 Å². The van der Waals surface area contributed by atoms with Crippen LogP contribution in [0.25, 0.3) is 0 Å². The minimum atomic E-state index is -0.867. The van der Waals surface area contributed by atoms with E-state index in [0.717, 1.165) is 0 Å². The van der Waals surface area contributed by atoms with E-state index in [4.69, 9.17) is 28.6 Å². The van der Waals surface area contributed by atoms with Crippen LogP contribution in [0.2, 0.25) is 5.02 Å². The molecule has 0 aromatic heterocycles. The summed E-state index contributed by atoms with van der Waals surface area (Å²) in [5.74, 6) is -1.45. The van der Waals surface area contributed by atoms with Crippen LogP contribution >= 0.6 is 23.8 Å². The molecule has 2 aromatic rings. The number of hydrogen-bond acceptors (Lipinski definition) is 6. The van der Waals surface area contributed by atoms with E-state index in [2.05, 4.69) is 10.6 Å². The Balaban J connectivity index is 1.80. The van der Waals surface area contributed by atoms with Gasteiger partial charge in [0.2, 0.25) is 11.8 Å². The number of halogens is 1. The Kier molecular flexibility index (Phi) is 8.78. The molecule has 2 aromatic carbocycles. The van der Waals surface area contributed by atoms with E-state index < -0.39 is 12.0 Å². The number of ether oxygens (including phenoxy) is 1. The molecule has 35 heavy (non-hydrogen) atoms. The third-order valence-corrected chi connectivity index (χ3v) is 5.86. The lowest BCUT2D eigenvalue weighted by Gasteiger charge is -2.24. The maximum absolute atomic E-state index is 13.4. The molecule has 11 heteroatoms. The van der Waals surface area contributed by atoms with Crippen molar-refractivity contribution in [1.29, 1.82) is 0 Å². The largest absolute Gasteiger partial charge is 0.462 e. The van der Waals surface area contributed by atoms with Gasteiger partial charge in [-0.15, -0.1) is 0 Å².